The fourth-order valence-corrected chi connectivity index (χ4v) is 0.977. The monoisotopic (exact) mass is 193 g/mol. The molecule has 2 rings (SSSR count). The zero-order chi connectivity index (χ0) is 9.97. The lowest BCUT2D eigenvalue weighted by molar-refractivity contribution is -0.135. The third-order valence-corrected chi connectivity index (χ3v) is 1.61. The van der Waals surface area contributed by atoms with E-state index in [1.165, 1.54) is 0 Å². The molecule has 0 radical (unpaired) electrons. The zero-order valence-electron chi connectivity index (χ0n) is 7.07. The number of aliphatic imine (C=N–C) groups is 1. The largest absolute Gasteiger partial charge is 0.347 e. The Bertz CT molecular complexity index is 376. The molecule has 0 atom stereocenters. The van der Waals surface area contributed by atoms with Crippen molar-refractivity contribution in [3.05, 3.63) is 18.2 Å². The maximum absolute atomic E-state index is 10.7. The molecule has 1 aromatic heterocycles. The lowest BCUT2D eigenvalue weighted by atomic mass is 10.6. The van der Waals surface area contributed by atoms with Crippen LogP contribution in [0.2, 0.25) is 0 Å². The standard InChI is InChI=1S/C7H7N5O2/c13-5-6(14)12-7(11-5)10-3-4-8-1-2-9-4/h1-2H,3H2,(H,8,9)(H2,10,11,12,13,14). The molecule has 0 saturated carbocycles. The van der Waals surface area contributed by atoms with Gasteiger partial charge in [-0.25, -0.2) is 9.98 Å². The number of H-pyrrole nitrogens is 1. The van der Waals surface area contributed by atoms with Gasteiger partial charge >= 0.3 is 11.8 Å². The first-order chi connectivity index (χ1) is 6.75. The van der Waals surface area contributed by atoms with Gasteiger partial charge in [-0.05, 0) is 0 Å². The van der Waals surface area contributed by atoms with Crippen LogP contribution < -0.4 is 10.6 Å². The summed E-state index contributed by atoms with van der Waals surface area (Å²) < 4.78 is 0. The van der Waals surface area contributed by atoms with Crippen LogP contribution in [-0.4, -0.2) is 27.7 Å². The van der Waals surface area contributed by atoms with E-state index in [9.17, 15) is 9.59 Å². The van der Waals surface area contributed by atoms with Crippen LogP contribution in [0.3, 0.4) is 0 Å². The second-order valence-corrected chi connectivity index (χ2v) is 2.61. The van der Waals surface area contributed by atoms with Crippen molar-refractivity contribution >= 4 is 17.8 Å². The summed E-state index contributed by atoms with van der Waals surface area (Å²) in [7, 11) is 0. The Kier molecular flexibility index (Phi) is 1.98. The number of aromatic nitrogens is 2. The molecule has 1 aliphatic heterocycles. The van der Waals surface area contributed by atoms with E-state index >= 15 is 0 Å². The van der Waals surface area contributed by atoms with E-state index in [2.05, 4.69) is 25.6 Å². The number of aromatic amines is 1. The fraction of sp³-hybridized carbons (Fsp3) is 0.143. The molecular formula is C7H7N5O2. The molecule has 0 aromatic carbocycles. The van der Waals surface area contributed by atoms with E-state index in [0.29, 0.717) is 5.82 Å². The van der Waals surface area contributed by atoms with E-state index in [0.717, 1.165) is 0 Å². The van der Waals surface area contributed by atoms with Gasteiger partial charge in [0, 0.05) is 12.4 Å². The normalized spacial score (nSPS) is 15.3. The summed E-state index contributed by atoms with van der Waals surface area (Å²) in [5, 5.41) is 4.55. The van der Waals surface area contributed by atoms with Gasteiger partial charge in [-0.3, -0.25) is 20.2 Å². The predicted molar refractivity (Wildman–Crippen MR) is 46.0 cm³/mol. The molecular weight excluding hydrogens is 186 g/mol. The summed E-state index contributed by atoms with van der Waals surface area (Å²) in [5.74, 6) is -0.560. The average molecular weight is 193 g/mol. The minimum atomic E-state index is -0.691. The fourth-order valence-electron chi connectivity index (χ4n) is 0.977. The van der Waals surface area contributed by atoms with Crippen LogP contribution in [0.15, 0.2) is 17.4 Å². The van der Waals surface area contributed by atoms with Gasteiger partial charge in [0.2, 0.25) is 5.96 Å². The third kappa shape index (κ3) is 1.60. The van der Waals surface area contributed by atoms with Crippen LogP contribution in [0, 0.1) is 0 Å². The summed E-state index contributed by atoms with van der Waals surface area (Å²) in [4.78, 5) is 32.1. The molecule has 1 aromatic rings. The van der Waals surface area contributed by atoms with Crippen LogP contribution >= 0.6 is 0 Å². The summed E-state index contributed by atoms with van der Waals surface area (Å²) in [5.41, 5.74) is 0. The molecule has 2 amide bonds. The van der Waals surface area contributed by atoms with Crippen molar-refractivity contribution in [2.45, 2.75) is 6.54 Å². The molecule has 0 unspecified atom stereocenters. The van der Waals surface area contributed by atoms with Crippen molar-refractivity contribution in [3.8, 4) is 0 Å². The Labute approximate surface area is 78.6 Å². The first-order valence-electron chi connectivity index (χ1n) is 3.91. The first-order valence-corrected chi connectivity index (χ1v) is 3.91. The Hall–Kier alpha value is -2.18. The van der Waals surface area contributed by atoms with Gasteiger partial charge in [0.1, 0.15) is 12.4 Å². The molecule has 72 valence electrons. The number of carbonyl (C=O) groups excluding carboxylic acids is 2. The highest BCUT2D eigenvalue weighted by Gasteiger charge is 2.24. The summed E-state index contributed by atoms with van der Waals surface area (Å²) in [6.07, 6.45) is 3.27. The van der Waals surface area contributed by atoms with Gasteiger partial charge in [-0.1, -0.05) is 0 Å². The number of nitrogens with zero attached hydrogens (tertiary/aromatic N) is 2. The SMILES string of the molecule is O=C1NC(=NCc2ncc[nH]2)NC1=O. The highest BCUT2D eigenvalue weighted by molar-refractivity contribution is 6.45. The minimum Gasteiger partial charge on any atom is -0.347 e. The van der Waals surface area contributed by atoms with Gasteiger partial charge in [0.15, 0.2) is 0 Å². The van der Waals surface area contributed by atoms with Crippen molar-refractivity contribution in [1.82, 2.24) is 20.6 Å². The number of rotatable bonds is 2. The molecule has 1 aliphatic rings. The molecule has 1 saturated heterocycles. The maximum atomic E-state index is 10.7. The maximum Gasteiger partial charge on any atom is 0.316 e. The van der Waals surface area contributed by atoms with Crippen LogP contribution in [0.25, 0.3) is 0 Å². The zero-order valence-corrected chi connectivity index (χ0v) is 7.07. The van der Waals surface area contributed by atoms with Crippen LogP contribution in [0.4, 0.5) is 0 Å². The lowest BCUT2D eigenvalue weighted by Gasteiger charge is -1.94. The molecule has 7 nitrogen and oxygen atoms in total. The van der Waals surface area contributed by atoms with E-state index < -0.39 is 11.8 Å². The average Bonchev–Trinajstić information content (AvgIpc) is 2.74. The number of imidazole rings is 1. The number of hydrogen-bond acceptors (Lipinski definition) is 4. The third-order valence-electron chi connectivity index (χ3n) is 1.61. The summed E-state index contributed by atoms with van der Waals surface area (Å²) >= 11 is 0. The number of guanidine groups is 1. The summed E-state index contributed by atoms with van der Waals surface area (Å²) in [6.45, 7) is 0.281. The highest BCUT2D eigenvalue weighted by atomic mass is 16.2. The second kappa shape index (κ2) is 3.29. The van der Waals surface area contributed by atoms with Crippen molar-refractivity contribution in [2.24, 2.45) is 4.99 Å². The van der Waals surface area contributed by atoms with E-state index in [4.69, 9.17) is 0 Å². The molecule has 2 heterocycles. The van der Waals surface area contributed by atoms with Crippen LogP contribution in [0.1, 0.15) is 5.82 Å². The van der Waals surface area contributed by atoms with Crippen molar-refractivity contribution in [3.63, 3.8) is 0 Å². The van der Waals surface area contributed by atoms with Crippen LogP contribution in [-0.2, 0) is 16.1 Å². The van der Waals surface area contributed by atoms with Gasteiger partial charge in [-0.15, -0.1) is 0 Å². The number of hydrogen-bond donors (Lipinski definition) is 3. The Morgan fingerprint density at radius 3 is 2.57 bits per heavy atom. The molecule has 1 fully saturated rings. The van der Waals surface area contributed by atoms with Crippen molar-refractivity contribution in [2.75, 3.05) is 0 Å². The number of nitrogens with one attached hydrogen (secondary N) is 3. The van der Waals surface area contributed by atoms with Crippen molar-refractivity contribution < 1.29 is 9.59 Å². The lowest BCUT2D eigenvalue weighted by Crippen LogP contribution is -2.25. The molecule has 0 aliphatic carbocycles. The molecule has 7 heteroatoms. The highest BCUT2D eigenvalue weighted by Crippen LogP contribution is 1.92. The quantitative estimate of drug-likeness (QED) is 0.499. The summed E-state index contributed by atoms with van der Waals surface area (Å²) in [6, 6.07) is 0. The Morgan fingerprint density at radius 1 is 1.29 bits per heavy atom. The van der Waals surface area contributed by atoms with Gasteiger partial charge in [-0.2, -0.15) is 0 Å². The molecule has 0 bridgehead atoms. The first kappa shape index (κ1) is 8.42. The van der Waals surface area contributed by atoms with Gasteiger partial charge in [0.05, 0.1) is 0 Å². The topological polar surface area (TPSA) is 99.2 Å². The second-order valence-electron chi connectivity index (χ2n) is 2.61. The molecule has 14 heavy (non-hydrogen) atoms. The van der Waals surface area contributed by atoms with Crippen LogP contribution in [0.5, 0.6) is 0 Å². The number of carbonyl (C=O) groups is 2. The van der Waals surface area contributed by atoms with Gasteiger partial charge in [0.25, 0.3) is 0 Å². The Balaban J connectivity index is 2.00. The number of amides is 2. The van der Waals surface area contributed by atoms with E-state index in [1.807, 2.05) is 0 Å². The predicted octanol–water partition coefficient (Wildman–Crippen LogP) is -1.49. The molecule has 0 spiro atoms. The Morgan fingerprint density at radius 2 is 2.00 bits per heavy atom. The van der Waals surface area contributed by atoms with Gasteiger partial charge < -0.3 is 4.98 Å². The molecule has 3 N–H and O–H groups in total. The smallest absolute Gasteiger partial charge is 0.316 e. The van der Waals surface area contributed by atoms with E-state index in [-0.39, 0.29) is 12.5 Å². The van der Waals surface area contributed by atoms with Crippen molar-refractivity contribution in [1.29, 1.82) is 0 Å². The minimum absolute atomic E-state index is 0.163. The van der Waals surface area contributed by atoms with E-state index in [1.54, 1.807) is 12.4 Å².